The van der Waals surface area contributed by atoms with E-state index in [1.54, 1.807) is 11.3 Å². The summed E-state index contributed by atoms with van der Waals surface area (Å²) in [5, 5.41) is 14.3. The fourth-order valence-electron chi connectivity index (χ4n) is 1.11. The van der Waals surface area contributed by atoms with Crippen LogP contribution < -0.4 is 5.32 Å². The highest BCUT2D eigenvalue weighted by atomic mass is 79.9. The van der Waals surface area contributed by atoms with Gasteiger partial charge in [-0.25, -0.2) is 0 Å². The molecule has 1 rings (SSSR count). The minimum atomic E-state index is -0.223. The van der Waals surface area contributed by atoms with Crippen LogP contribution in [-0.4, -0.2) is 6.54 Å². The summed E-state index contributed by atoms with van der Waals surface area (Å²) in [6.45, 7) is 5.69. The summed E-state index contributed by atoms with van der Waals surface area (Å²) in [5.74, 6) is 0. The van der Waals surface area contributed by atoms with Crippen LogP contribution in [-0.2, 0) is 6.54 Å². The molecule has 1 heterocycles. The first-order valence-electron chi connectivity index (χ1n) is 4.89. The highest BCUT2D eigenvalue weighted by Crippen LogP contribution is 2.22. The van der Waals surface area contributed by atoms with Gasteiger partial charge in [0.05, 0.1) is 11.5 Å². The summed E-state index contributed by atoms with van der Waals surface area (Å²) in [6, 6.07) is 4.36. The van der Waals surface area contributed by atoms with Crippen molar-refractivity contribution >= 4 is 27.3 Å². The second-order valence-electron chi connectivity index (χ2n) is 4.11. The normalized spacial score (nSPS) is 11.3. The quantitative estimate of drug-likeness (QED) is 0.841. The lowest BCUT2D eigenvalue weighted by atomic mass is 9.91. The number of nitriles is 1. The highest BCUT2D eigenvalue weighted by Gasteiger charge is 2.15. The number of hydrogen-bond acceptors (Lipinski definition) is 3. The summed E-state index contributed by atoms with van der Waals surface area (Å²) in [6.07, 6.45) is 0.881. The zero-order chi connectivity index (χ0) is 11.3. The number of halogens is 1. The number of nitrogens with one attached hydrogen (secondary N) is 1. The molecule has 0 unspecified atom stereocenters. The average Bonchev–Trinajstić information content (AvgIpc) is 2.59. The predicted octanol–water partition coefficient (Wildman–Crippen LogP) is 3.54. The second kappa shape index (κ2) is 5.64. The van der Waals surface area contributed by atoms with E-state index in [1.165, 1.54) is 9.35 Å². The molecular formula is C11H15BrN2S. The Hall–Kier alpha value is -0.370. The van der Waals surface area contributed by atoms with E-state index in [9.17, 15) is 0 Å². The largest absolute Gasteiger partial charge is 0.312 e. The summed E-state index contributed by atoms with van der Waals surface area (Å²) in [5.41, 5.74) is -0.223. The number of nitrogens with zero attached hydrogens (tertiary/aromatic N) is 1. The van der Waals surface area contributed by atoms with Gasteiger partial charge in [-0.2, -0.15) is 5.26 Å². The highest BCUT2D eigenvalue weighted by molar-refractivity contribution is 9.10. The number of thiophene rings is 1. The van der Waals surface area contributed by atoms with E-state index in [4.69, 9.17) is 5.26 Å². The first kappa shape index (κ1) is 12.7. The van der Waals surface area contributed by atoms with Crippen LogP contribution in [0.4, 0.5) is 0 Å². The second-order valence-corrected chi connectivity index (χ2v) is 5.97. The van der Waals surface area contributed by atoms with E-state index in [0.717, 1.165) is 19.5 Å². The number of hydrogen-bond donors (Lipinski definition) is 1. The summed E-state index contributed by atoms with van der Waals surface area (Å²) in [7, 11) is 0. The molecule has 0 fully saturated rings. The van der Waals surface area contributed by atoms with Crippen LogP contribution in [0.15, 0.2) is 15.9 Å². The molecule has 1 N–H and O–H groups in total. The average molecular weight is 287 g/mol. The van der Waals surface area contributed by atoms with E-state index in [0.29, 0.717) is 0 Å². The zero-order valence-corrected chi connectivity index (χ0v) is 11.4. The maximum atomic E-state index is 8.84. The lowest BCUT2D eigenvalue weighted by Crippen LogP contribution is -2.20. The first-order chi connectivity index (χ1) is 7.05. The van der Waals surface area contributed by atoms with Gasteiger partial charge in [-0.3, -0.25) is 0 Å². The van der Waals surface area contributed by atoms with Gasteiger partial charge in [0.15, 0.2) is 0 Å². The molecule has 0 amide bonds. The van der Waals surface area contributed by atoms with Gasteiger partial charge in [0.1, 0.15) is 0 Å². The lowest BCUT2D eigenvalue weighted by molar-refractivity contribution is 0.433. The van der Waals surface area contributed by atoms with Crippen LogP contribution in [0.3, 0.4) is 0 Å². The summed E-state index contributed by atoms with van der Waals surface area (Å²) >= 11 is 5.23. The van der Waals surface area contributed by atoms with Crippen molar-refractivity contribution in [3.63, 3.8) is 0 Å². The van der Waals surface area contributed by atoms with Crippen molar-refractivity contribution in [2.75, 3.05) is 6.54 Å². The van der Waals surface area contributed by atoms with Crippen molar-refractivity contribution in [1.82, 2.24) is 5.32 Å². The molecule has 0 aromatic carbocycles. The molecule has 2 nitrogen and oxygen atoms in total. The van der Waals surface area contributed by atoms with Gasteiger partial charge in [0.25, 0.3) is 0 Å². The van der Waals surface area contributed by atoms with Gasteiger partial charge in [-0.05, 0) is 54.2 Å². The molecule has 82 valence electrons. The van der Waals surface area contributed by atoms with Crippen LogP contribution in [0.5, 0.6) is 0 Å². The van der Waals surface area contributed by atoms with Crippen molar-refractivity contribution in [1.29, 1.82) is 5.26 Å². The van der Waals surface area contributed by atoms with Gasteiger partial charge >= 0.3 is 0 Å². The molecule has 0 spiro atoms. The van der Waals surface area contributed by atoms with E-state index in [-0.39, 0.29) is 5.41 Å². The topological polar surface area (TPSA) is 35.8 Å². The molecule has 0 aliphatic heterocycles. The Morgan fingerprint density at radius 1 is 1.60 bits per heavy atom. The smallest absolute Gasteiger partial charge is 0.0684 e. The van der Waals surface area contributed by atoms with Gasteiger partial charge in [-0.1, -0.05) is 0 Å². The first-order valence-corrected chi connectivity index (χ1v) is 6.56. The van der Waals surface area contributed by atoms with Gasteiger partial charge in [0, 0.05) is 15.9 Å². The molecule has 0 atom stereocenters. The van der Waals surface area contributed by atoms with Crippen molar-refractivity contribution < 1.29 is 0 Å². The standard InChI is InChI=1S/C11H15BrN2S/c1-11(2,8-13)4-5-14-7-10-9(12)3-6-15-10/h3,6,14H,4-5,7H2,1-2H3. The van der Waals surface area contributed by atoms with Crippen LogP contribution in [0.25, 0.3) is 0 Å². The Kier molecular flexibility index (Phi) is 4.78. The van der Waals surface area contributed by atoms with Crippen LogP contribution in [0, 0.1) is 16.7 Å². The predicted molar refractivity (Wildman–Crippen MR) is 67.7 cm³/mol. The Balaban J connectivity index is 2.24. The monoisotopic (exact) mass is 286 g/mol. The fourth-order valence-corrected chi connectivity index (χ4v) is 2.57. The maximum absolute atomic E-state index is 8.84. The third-order valence-corrected chi connectivity index (χ3v) is 4.13. The third-order valence-electron chi connectivity index (χ3n) is 2.21. The Labute approximate surface area is 103 Å². The van der Waals surface area contributed by atoms with Crippen molar-refractivity contribution in [3.05, 3.63) is 20.8 Å². The Bertz CT molecular complexity index is 352. The molecule has 1 aromatic rings. The maximum Gasteiger partial charge on any atom is 0.0684 e. The molecule has 0 aliphatic rings. The third kappa shape index (κ3) is 4.33. The van der Waals surface area contributed by atoms with Crippen molar-refractivity contribution in [3.8, 4) is 6.07 Å². The summed E-state index contributed by atoms with van der Waals surface area (Å²) < 4.78 is 1.17. The lowest BCUT2D eigenvalue weighted by Gasteiger charge is -2.14. The summed E-state index contributed by atoms with van der Waals surface area (Å²) in [4.78, 5) is 1.31. The van der Waals surface area contributed by atoms with E-state index in [1.807, 2.05) is 13.8 Å². The molecule has 0 aliphatic carbocycles. The Morgan fingerprint density at radius 3 is 2.87 bits per heavy atom. The van der Waals surface area contributed by atoms with Crippen molar-refractivity contribution in [2.24, 2.45) is 5.41 Å². The van der Waals surface area contributed by atoms with E-state index < -0.39 is 0 Å². The van der Waals surface area contributed by atoms with Gasteiger partial charge in [-0.15, -0.1) is 11.3 Å². The minimum absolute atomic E-state index is 0.223. The molecule has 0 saturated carbocycles. The molecule has 1 aromatic heterocycles. The van der Waals surface area contributed by atoms with Crippen molar-refractivity contribution in [2.45, 2.75) is 26.8 Å². The van der Waals surface area contributed by atoms with E-state index in [2.05, 4.69) is 38.8 Å². The molecule has 4 heteroatoms. The van der Waals surface area contributed by atoms with Crippen LogP contribution >= 0.6 is 27.3 Å². The van der Waals surface area contributed by atoms with E-state index >= 15 is 0 Å². The van der Waals surface area contributed by atoms with Gasteiger partial charge < -0.3 is 5.32 Å². The van der Waals surface area contributed by atoms with Gasteiger partial charge in [0.2, 0.25) is 0 Å². The molecule has 0 saturated heterocycles. The number of rotatable bonds is 5. The molecule has 0 radical (unpaired) electrons. The molecule has 15 heavy (non-hydrogen) atoms. The molecular weight excluding hydrogens is 272 g/mol. The van der Waals surface area contributed by atoms with Crippen LogP contribution in [0.2, 0.25) is 0 Å². The zero-order valence-electron chi connectivity index (χ0n) is 9.01. The van der Waals surface area contributed by atoms with Crippen LogP contribution in [0.1, 0.15) is 25.1 Å². The fraction of sp³-hybridized carbons (Fsp3) is 0.545. The minimum Gasteiger partial charge on any atom is -0.312 e. The molecule has 0 bridgehead atoms. The SMILES string of the molecule is CC(C)(C#N)CCNCc1sccc1Br. The Morgan fingerprint density at radius 2 is 2.33 bits per heavy atom.